The number of halogens is 2. The number of carbonyl (C=O) groups is 2. The van der Waals surface area contributed by atoms with Crippen LogP contribution in [0.5, 0.6) is 5.75 Å². The average Bonchev–Trinajstić information content (AvgIpc) is 3.41. The highest BCUT2D eigenvalue weighted by Gasteiger charge is 2.30. The maximum absolute atomic E-state index is 11.9. The number of rotatable bonds is 6. The molecular weight excluding hydrogens is 410 g/mol. The van der Waals surface area contributed by atoms with Gasteiger partial charge in [-0.05, 0) is 64.7 Å². The van der Waals surface area contributed by atoms with E-state index >= 15 is 0 Å². The maximum Gasteiger partial charge on any atom is 0.337 e. The fourth-order valence-corrected chi connectivity index (χ4v) is 2.73. The van der Waals surface area contributed by atoms with Crippen LogP contribution in [0.3, 0.4) is 0 Å². The maximum atomic E-state index is 11.9. The summed E-state index contributed by atoms with van der Waals surface area (Å²) in [5.41, 5.74) is 1.14. The zero-order chi connectivity index (χ0) is 18.0. The van der Waals surface area contributed by atoms with Gasteiger partial charge in [-0.15, -0.1) is 0 Å². The van der Waals surface area contributed by atoms with Gasteiger partial charge in [0.25, 0.3) is 0 Å². The van der Waals surface area contributed by atoms with Crippen molar-refractivity contribution in [3.05, 3.63) is 57.0 Å². The minimum atomic E-state index is -1.12. The smallest absolute Gasteiger partial charge is 0.337 e. The summed E-state index contributed by atoms with van der Waals surface area (Å²) in [6.07, 6.45) is 1.70. The van der Waals surface area contributed by atoms with Gasteiger partial charge >= 0.3 is 5.97 Å². The van der Waals surface area contributed by atoms with E-state index in [1.54, 1.807) is 18.2 Å². The lowest BCUT2D eigenvalue weighted by Crippen LogP contribution is -2.16. The van der Waals surface area contributed by atoms with Crippen LogP contribution in [0.25, 0.3) is 0 Å². The first-order chi connectivity index (χ1) is 11.9. The first kappa shape index (κ1) is 17.8. The molecule has 1 fully saturated rings. The molecule has 130 valence electrons. The Hall–Kier alpha value is -2.05. The molecule has 0 heterocycles. The first-order valence-electron chi connectivity index (χ1n) is 7.69. The Balaban J connectivity index is 1.73. The van der Waals surface area contributed by atoms with Crippen molar-refractivity contribution in [2.45, 2.75) is 19.4 Å². The summed E-state index contributed by atoms with van der Waals surface area (Å²) in [7, 11) is 0. The van der Waals surface area contributed by atoms with Gasteiger partial charge in [0.15, 0.2) is 0 Å². The van der Waals surface area contributed by atoms with Crippen LogP contribution in [0.2, 0.25) is 5.02 Å². The third-order valence-electron chi connectivity index (χ3n) is 3.82. The monoisotopic (exact) mass is 423 g/mol. The van der Waals surface area contributed by atoms with Crippen LogP contribution in [0.15, 0.2) is 40.9 Å². The number of ether oxygens (including phenoxy) is 1. The number of hydrogen-bond acceptors (Lipinski definition) is 3. The number of anilines is 1. The van der Waals surface area contributed by atoms with Crippen molar-refractivity contribution in [1.82, 2.24) is 0 Å². The zero-order valence-electron chi connectivity index (χ0n) is 13.1. The highest BCUT2D eigenvalue weighted by atomic mass is 79.9. The van der Waals surface area contributed by atoms with Crippen molar-refractivity contribution in [2.24, 2.45) is 5.92 Å². The molecule has 1 saturated carbocycles. The molecule has 25 heavy (non-hydrogen) atoms. The van der Waals surface area contributed by atoms with Gasteiger partial charge in [0.1, 0.15) is 12.4 Å². The molecule has 2 aromatic carbocycles. The molecule has 7 heteroatoms. The van der Waals surface area contributed by atoms with Gasteiger partial charge in [-0.25, -0.2) is 4.79 Å². The largest absolute Gasteiger partial charge is 0.489 e. The second kappa shape index (κ2) is 7.45. The van der Waals surface area contributed by atoms with Crippen molar-refractivity contribution in [1.29, 1.82) is 0 Å². The Labute approximate surface area is 158 Å². The van der Waals surface area contributed by atoms with Gasteiger partial charge < -0.3 is 15.2 Å². The number of carboxylic acids is 1. The van der Waals surface area contributed by atoms with Gasteiger partial charge in [0.2, 0.25) is 5.91 Å². The molecule has 1 aliphatic rings. The molecule has 0 bridgehead atoms. The molecule has 1 amide bonds. The second-order valence-corrected chi connectivity index (χ2v) is 7.07. The molecule has 0 saturated heterocycles. The summed E-state index contributed by atoms with van der Waals surface area (Å²) in [6.45, 7) is 0.250. The third kappa shape index (κ3) is 4.52. The number of amides is 1. The molecule has 1 aliphatic carbocycles. The predicted molar refractivity (Wildman–Crippen MR) is 98.2 cm³/mol. The van der Waals surface area contributed by atoms with Crippen LogP contribution in [0.1, 0.15) is 28.8 Å². The molecule has 0 radical (unpaired) electrons. The normalized spacial score (nSPS) is 13.4. The Morgan fingerprint density at radius 3 is 2.64 bits per heavy atom. The van der Waals surface area contributed by atoms with E-state index in [2.05, 4.69) is 21.2 Å². The van der Waals surface area contributed by atoms with E-state index in [0.717, 1.165) is 22.9 Å². The van der Waals surface area contributed by atoms with Crippen molar-refractivity contribution in [2.75, 3.05) is 5.32 Å². The fourth-order valence-electron chi connectivity index (χ4n) is 2.28. The molecule has 0 atom stereocenters. The molecule has 5 nitrogen and oxygen atoms in total. The van der Waals surface area contributed by atoms with Gasteiger partial charge in [-0.3, -0.25) is 4.79 Å². The number of carboxylic acid groups (broad SMARTS) is 1. The van der Waals surface area contributed by atoms with Crippen molar-refractivity contribution in [3.8, 4) is 5.75 Å². The molecular formula is C18H15BrClNO4. The van der Waals surface area contributed by atoms with E-state index in [-0.39, 0.29) is 29.7 Å². The van der Waals surface area contributed by atoms with Crippen LogP contribution in [-0.2, 0) is 11.4 Å². The number of hydrogen-bond donors (Lipinski definition) is 2. The minimum Gasteiger partial charge on any atom is -0.489 e. The average molecular weight is 425 g/mol. The SMILES string of the molecule is O=C(O)c1cc(OCc2ccc(Br)c(Cl)c2)ccc1NC(=O)C1CC1. The fraction of sp³-hybridized carbons (Fsp3) is 0.222. The van der Waals surface area contributed by atoms with Crippen LogP contribution in [-0.4, -0.2) is 17.0 Å². The van der Waals surface area contributed by atoms with E-state index in [1.807, 2.05) is 12.1 Å². The summed E-state index contributed by atoms with van der Waals surface area (Å²) >= 11 is 9.36. The van der Waals surface area contributed by atoms with Crippen LogP contribution >= 0.6 is 27.5 Å². The van der Waals surface area contributed by atoms with E-state index < -0.39 is 5.97 Å². The standard InChI is InChI=1S/C18H15BrClNO4/c19-14-5-1-10(7-15(14)20)9-25-12-4-6-16(13(8-12)18(23)24)21-17(22)11-2-3-11/h1,4-8,11H,2-3,9H2,(H,21,22)(H,23,24). The predicted octanol–water partition coefficient (Wildman–Crippen LogP) is 4.73. The molecule has 3 rings (SSSR count). The molecule has 2 aromatic rings. The van der Waals surface area contributed by atoms with Crippen molar-refractivity contribution >= 4 is 45.1 Å². The minimum absolute atomic E-state index is 0.000255. The Bertz CT molecular complexity index is 836. The summed E-state index contributed by atoms with van der Waals surface area (Å²) in [5, 5.41) is 12.6. The first-order valence-corrected chi connectivity index (χ1v) is 8.86. The Morgan fingerprint density at radius 1 is 1.24 bits per heavy atom. The number of carbonyl (C=O) groups excluding carboxylic acids is 1. The molecule has 0 aliphatic heterocycles. The summed E-state index contributed by atoms with van der Waals surface area (Å²) in [6, 6.07) is 10.0. The summed E-state index contributed by atoms with van der Waals surface area (Å²) in [4.78, 5) is 23.3. The lowest BCUT2D eigenvalue weighted by molar-refractivity contribution is -0.117. The van der Waals surface area contributed by atoms with E-state index in [9.17, 15) is 14.7 Å². The number of nitrogens with one attached hydrogen (secondary N) is 1. The van der Waals surface area contributed by atoms with Crippen LogP contribution < -0.4 is 10.1 Å². The van der Waals surface area contributed by atoms with Gasteiger partial charge in [0.05, 0.1) is 16.3 Å². The molecule has 0 aromatic heterocycles. The van der Waals surface area contributed by atoms with Crippen molar-refractivity contribution in [3.63, 3.8) is 0 Å². The van der Waals surface area contributed by atoms with Gasteiger partial charge in [0, 0.05) is 10.4 Å². The summed E-state index contributed by atoms with van der Waals surface area (Å²) < 4.78 is 6.44. The topological polar surface area (TPSA) is 75.6 Å². The van der Waals surface area contributed by atoms with E-state index in [0.29, 0.717) is 10.8 Å². The van der Waals surface area contributed by atoms with E-state index in [4.69, 9.17) is 16.3 Å². The quantitative estimate of drug-likeness (QED) is 0.703. The third-order valence-corrected chi connectivity index (χ3v) is 5.05. The Kier molecular flexibility index (Phi) is 5.30. The molecule has 0 spiro atoms. The highest BCUT2D eigenvalue weighted by Crippen LogP contribution is 2.31. The number of benzene rings is 2. The van der Waals surface area contributed by atoms with Gasteiger partial charge in [-0.1, -0.05) is 17.7 Å². The van der Waals surface area contributed by atoms with Crippen molar-refractivity contribution < 1.29 is 19.4 Å². The van der Waals surface area contributed by atoms with Crippen LogP contribution in [0, 0.1) is 5.92 Å². The summed E-state index contributed by atoms with van der Waals surface area (Å²) in [5.74, 6) is -0.857. The Morgan fingerprint density at radius 2 is 2.00 bits per heavy atom. The lowest BCUT2D eigenvalue weighted by atomic mass is 10.1. The second-order valence-electron chi connectivity index (χ2n) is 5.81. The lowest BCUT2D eigenvalue weighted by Gasteiger charge is -2.12. The van der Waals surface area contributed by atoms with Crippen LogP contribution in [0.4, 0.5) is 5.69 Å². The number of aromatic carboxylic acids is 1. The molecule has 0 unspecified atom stereocenters. The van der Waals surface area contributed by atoms with Gasteiger partial charge in [-0.2, -0.15) is 0 Å². The van der Waals surface area contributed by atoms with E-state index in [1.165, 1.54) is 6.07 Å². The highest BCUT2D eigenvalue weighted by molar-refractivity contribution is 9.10. The zero-order valence-corrected chi connectivity index (χ0v) is 15.4. The molecule has 2 N–H and O–H groups in total.